The first-order chi connectivity index (χ1) is 16.0. The van der Waals surface area contributed by atoms with Crippen molar-refractivity contribution in [1.82, 2.24) is 0 Å². The smallest absolute Gasteiger partial charge is 0.426 e. The van der Waals surface area contributed by atoms with Gasteiger partial charge in [0.15, 0.2) is 0 Å². The zero-order chi connectivity index (χ0) is 26.8. The summed E-state index contributed by atoms with van der Waals surface area (Å²) in [4.78, 5) is 24.8. The van der Waals surface area contributed by atoms with Gasteiger partial charge in [0.05, 0.1) is 11.3 Å². The van der Waals surface area contributed by atoms with Crippen LogP contribution in [0.5, 0.6) is 0 Å². The summed E-state index contributed by atoms with van der Waals surface area (Å²) in [5.41, 5.74) is -3.69. The molecule has 0 fully saturated rings. The Morgan fingerprint density at radius 2 is 1.60 bits per heavy atom. The predicted octanol–water partition coefficient (Wildman–Crippen LogP) is 7.09. The lowest BCUT2D eigenvalue weighted by atomic mass is 9.92. The molecular formula is C22H18Cl3F4N3O3. The average Bonchev–Trinajstić information content (AvgIpc) is 2.73. The molecular weight excluding hydrogens is 537 g/mol. The number of nitrogens with one attached hydrogen (secondary N) is 2. The SMILES string of the molecule is Cc1cc(C(C)(F)C(F)(F)F)cc(C)c1NC(=O)c1ccc(C#N)c(NC(=O)OCC(Cl)(Cl)Cl)c1. The van der Waals surface area contributed by atoms with Crippen molar-refractivity contribution in [1.29, 1.82) is 5.26 Å². The van der Waals surface area contributed by atoms with E-state index < -0.39 is 39.8 Å². The van der Waals surface area contributed by atoms with Crippen LogP contribution in [0.2, 0.25) is 0 Å². The maximum atomic E-state index is 14.4. The van der Waals surface area contributed by atoms with Gasteiger partial charge in [0.1, 0.15) is 12.7 Å². The van der Waals surface area contributed by atoms with Crippen LogP contribution in [-0.4, -0.2) is 28.6 Å². The fourth-order valence-corrected chi connectivity index (χ4v) is 3.12. The highest BCUT2D eigenvalue weighted by Gasteiger charge is 2.53. The van der Waals surface area contributed by atoms with Gasteiger partial charge < -0.3 is 10.1 Å². The molecule has 0 spiro atoms. The number of hydrogen-bond acceptors (Lipinski definition) is 4. The van der Waals surface area contributed by atoms with E-state index in [0.29, 0.717) is 6.92 Å². The number of amides is 2. The Morgan fingerprint density at radius 3 is 2.09 bits per heavy atom. The topological polar surface area (TPSA) is 91.2 Å². The van der Waals surface area contributed by atoms with Gasteiger partial charge in [-0.05, 0) is 55.7 Å². The molecule has 0 aliphatic heterocycles. The van der Waals surface area contributed by atoms with Gasteiger partial charge in [-0.2, -0.15) is 18.4 Å². The van der Waals surface area contributed by atoms with Crippen molar-refractivity contribution < 1.29 is 31.9 Å². The minimum absolute atomic E-state index is 0.00141. The molecule has 35 heavy (non-hydrogen) atoms. The van der Waals surface area contributed by atoms with Crippen molar-refractivity contribution in [2.45, 2.75) is 36.4 Å². The number of anilines is 2. The fraction of sp³-hybridized carbons (Fsp3) is 0.318. The van der Waals surface area contributed by atoms with Crippen molar-refractivity contribution >= 4 is 58.2 Å². The molecule has 1 atom stereocenters. The van der Waals surface area contributed by atoms with Gasteiger partial charge in [-0.3, -0.25) is 10.1 Å². The summed E-state index contributed by atoms with van der Waals surface area (Å²) in [6, 6.07) is 7.59. The summed E-state index contributed by atoms with van der Waals surface area (Å²) < 4.78 is 56.5. The number of hydrogen-bond donors (Lipinski definition) is 2. The van der Waals surface area contributed by atoms with Crippen LogP contribution in [0, 0.1) is 25.2 Å². The van der Waals surface area contributed by atoms with E-state index in [2.05, 4.69) is 10.6 Å². The van der Waals surface area contributed by atoms with Crippen LogP contribution in [-0.2, 0) is 10.4 Å². The molecule has 2 aromatic carbocycles. The molecule has 188 valence electrons. The number of ether oxygens (including phenoxy) is 1. The number of nitrogens with zero attached hydrogens (tertiary/aromatic N) is 1. The number of aryl methyl sites for hydroxylation is 2. The quantitative estimate of drug-likeness (QED) is 0.305. The second-order valence-corrected chi connectivity index (χ2v) is 10.1. The zero-order valence-corrected chi connectivity index (χ0v) is 20.7. The Balaban J connectivity index is 2.30. The standard InChI is InChI=1S/C22H18Cl3F4N3O3/c1-11-6-15(20(3,26)22(27,28)29)7-12(2)17(11)32-18(33)13-4-5-14(9-30)16(8-13)31-19(34)35-10-21(23,24)25/h4-8H,10H2,1-3H3,(H,31,34)(H,32,33). The zero-order valence-electron chi connectivity index (χ0n) is 18.4. The van der Waals surface area contributed by atoms with Crippen molar-refractivity contribution in [3.8, 4) is 6.07 Å². The predicted molar refractivity (Wildman–Crippen MR) is 125 cm³/mol. The number of carbonyl (C=O) groups is 2. The van der Waals surface area contributed by atoms with Crippen LogP contribution in [0.4, 0.5) is 33.7 Å². The summed E-state index contributed by atoms with van der Waals surface area (Å²) in [6.07, 6.45) is -6.17. The molecule has 0 aliphatic rings. The van der Waals surface area contributed by atoms with Crippen LogP contribution in [0.15, 0.2) is 30.3 Å². The lowest BCUT2D eigenvalue weighted by Crippen LogP contribution is -2.35. The van der Waals surface area contributed by atoms with E-state index in [9.17, 15) is 32.4 Å². The Kier molecular flexibility index (Phi) is 8.53. The van der Waals surface area contributed by atoms with E-state index in [1.807, 2.05) is 6.07 Å². The van der Waals surface area contributed by atoms with Crippen molar-refractivity contribution in [3.63, 3.8) is 0 Å². The van der Waals surface area contributed by atoms with Crippen LogP contribution in [0.3, 0.4) is 0 Å². The number of rotatable bonds is 5. The third-order valence-electron chi connectivity index (χ3n) is 4.85. The van der Waals surface area contributed by atoms with Gasteiger partial charge in [-0.25, -0.2) is 9.18 Å². The average molecular weight is 555 g/mol. The lowest BCUT2D eigenvalue weighted by molar-refractivity contribution is -0.228. The fourth-order valence-electron chi connectivity index (χ4n) is 2.96. The second-order valence-electron chi connectivity index (χ2n) is 7.63. The van der Waals surface area contributed by atoms with E-state index in [-0.39, 0.29) is 33.6 Å². The molecule has 2 N–H and O–H groups in total. The summed E-state index contributed by atoms with van der Waals surface area (Å²) in [7, 11) is 0. The van der Waals surface area contributed by atoms with E-state index in [0.717, 1.165) is 12.1 Å². The molecule has 2 aromatic rings. The second kappa shape index (κ2) is 10.5. The molecule has 0 saturated carbocycles. The third-order valence-corrected chi connectivity index (χ3v) is 5.18. The normalized spacial score (nSPS) is 13.4. The Hall–Kier alpha value is -2.74. The Bertz CT molecular complexity index is 1170. The largest absolute Gasteiger partial charge is 0.445 e. The third kappa shape index (κ3) is 7.13. The monoisotopic (exact) mass is 553 g/mol. The first-order valence-electron chi connectivity index (χ1n) is 9.69. The van der Waals surface area contributed by atoms with Crippen LogP contribution in [0.25, 0.3) is 0 Å². The molecule has 0 bridgehead atoms. The first kappa shape index (κ1) is 28.5. The number of halogens is 7. The molecule has 0 aliphatic carbocycles. The summed E-state index contributed by atoms with van der Waals surface area (Å²) in [5.74, 6) is -0.704. The molecule has 0 radical (unpaired) electrons. The van der Waals surface area contributed by atoms with Crippen LogP contribution < -0.4 is 10.6 Å². The highest BCUT2D eigenvalue weighted by Crippen LogP contribution is 2.43. The minimum Gasteiger partial charge on any atom is -0.445 e. The molecule has 6 nitrogen and oxygen atoms in total. The van der Waals surface area contributed by atoms with Gasteiger partial charge in [0, 0.05) is 11.3 Å². The molecule has 13 heteroatoms. The maximum absolute atomic E-state index is 14.4. The lowest BCUT2D eigenvalue weighted by Gasteiger charge is -2.25. The summed E-state index contributed by atoms with van der Waals surface area (Å²) >= 11 is 16.5. The number of nitriles is 1. The summed E-state index contributed by atoms with van der Waals surface area (Å²) in [6.45, 7) is 2.69. The van der Waals surface area contributed by atoms with Crippen molar-refractivity contribution in [2.24, 2.45) is 0 Å². The summed E-state index contributed by atoms with van der Waals surface area (Å²) in [5, 5.41) is 14.1. The van der Waals surface area contributed by atoms with E-state index in [1.165, 1.54) is 32.0 Å². The van der Waals surface area contributed by atoms with Crippen molar-refractivity contribution in [3.05, 3.63) is 58.1 Å². The van der Waals surface area contributed by atoms with Gasteiger partial charge in [0.2, 0.25) is 9.46 Å². The van der Waals surface area contributed by atoms with E-state index in [4.69, 9.17) is 39.5 Å². The Labute approximate surface area is 213 Å². The molecule has 2 amide bonds. The van der Waals surface area contributed by atoms with Crippen LogP contribution >= 0.6 is 34.8 Å². The number of carbonyl (C=O) groups excluding carboxylic acids is 2. The van der Waals surface area contributed by atoms with Gasteiger partial charge >= 0.3 is 12.3 Å². The highest BCUT2D eigenvalue weighted by molar-refractivity contribution is 6.67. The Morgan fingerprint density at radius 1 is 1.03 bits per heavy atom. The van der Waals surface area contributed by atoms with Gasteiger partial charge in [-0.1, -0.05) is 46.9 Å². The van der Waals surface area contributed by atoms with E-state index in [1.54, 1.807) is 0 Å². The molecule has 0 saturated heterocycles. The van der Waals surface area contributed by atoms with Crippen molar-refractivity contribution in [2.75, 3.05) is 17.2 Å². The molecule has 0 aromatic heterocycles. The molecule has 1 unspecified atom stereocenters. The maximum Gasteiger partial charge on any atom is 0.426 e. The number of alkyl halides is 7. The molecule has 0 heterocycles. The number of benzene rings is 2. The van der Waals surface area contributed by atoms with Gasteiger partial charge in [0.25, 0.3) is 5.91 Å². The highest BCUT2D eigenvalue weighted by atomic mass is 35.6. The van der Waals surface area contributed by atoms with Crippen LogP contribution in [0.1, 0.15) is 39.5 Å². The van der Waals surface area contributed by atoms with E-state index >= 15 is 0 Å². The molecule has 2 rings (SSSR count). The van der Waals surface area contributed by atoms with Gasteiger partial charge in [-0.15, -0.1) is 0 Å². The minimum atomic E-state index is -5.12. The first-order valence-corrected chi connectivity index (χ1v) is 10.8.